The van der Waals surface area contributed by atoms with Gasteiger partial charge in [-0.2, -0.15) is 0 Å². The first kappa shape index (κ1) is 15.4. The van der Waals surface area contributed by atoms with Crippen molar-refractivity contribution in [1.29, 1.82) is 0 Å². The van der Waals surface area contributed by atoms with E-state index in [0.717, 1.165) is 26.2 Å². The van der Waals surface area contributed by atoms with Crippen LogP contribution in [0.15, 0.2) is 0 Å². The molecule has 1 rings (SSSR count). The van der Waals surface area contributed by atoms with Crippen molar-refractivity contribution in [2.75, 3.05) is 39.8 Å². The third-order valence-electron chi connectivity index (χ3n) is 3.19. The van der Waals surface area contributed by atoms with Gasteiger partial charge in [-0.25, -0.2) is 0 Å². The third-order valence-corrected chi connectivity index (χ3v) is 3.19. The van der Waals surface area contributed by atoms with Gasteiger partial charge in [0.25, 0.3) is 0 Å². The van der Waals surface area contributed by atoms with Gasteiger partial charge in [-0.1, -0.05) is 27.7 Å². The smallest absolute Gasteiger partial charge is 0.224 e. The number of amides is 1. The standard InChI is InChI=1S/C14H28N2O2/c1-11(2)8-16-6-7-18-13(10-16)9-15(5)14(17)12(3)4/h11-13H,6-10H2,1-5H3/t13-/m1/s1. The Morgan fingerprint density at radius 1 is 1.39 bits per heavy atom. The summed E-state index contributed by atoms with van der Waals surface area (Å²) in [5.41, 5.74) is 0. The zero-order valence-corrected chi connectivity index (χ0v) is 12.5. The summed E-state index contributed by atoms with van der Waals surface area (Å²) in [6, 6.07) is 0. The van der Waals surface area contributed by atoms with Crippen LogP contribution in [0.3, 0.4) is 0 Å². The average molecular weight is 256 g/mol. The molecule has 1 saturated heterocycles. The molecule has 1 aliphatic heterocycles. The summed E-state index contributed by atoms with van der Waals surface area (Å²) in [6.07, 6.45) is 0.158. The Labute approximate surface area is 111 Å². The van der Waals surface area contributed by atoms with Crippen molar-refractivity contribution < 1.29 is 9.53 Å². The van der Waals surface area contributed by atoms with Gasteiger partial charge in [0.2, 0.25) is 5.91 Å². The van der Waals surface area contributed by atoms with Crippen LogP contribution in [0.5, 0.6) is 0 Å². The minimum absolute atomic E-state index is 0.0605. The van der Waals surface area contributed by atoms with E-state index >= 15 is 0 Å². The van der Waals surface area contributed by atoms with Crippen LogP contribution in [0, 0.1) is 11.8 Å². The molecule has 1 aliphatic rings. The first-order chi connectivity index (χ1) is 8.40. The Morgan fingerprint density at radius 2 is 2.06 bits per heavy atom. The number of hydrogen-bond acceptors (Lipinski definition) is 3. The van der Waals surface area contributed by atoms with Gasteiger partial charge in [0, 0.05) is 39.1 Å². The molecule has 1 fully saturated rings. The highest BCUT2D eigenvalue weighted by atomic mass is 16.5. The van der Waals surface area contributed by atoms with E-state index in [4.69, 9.17) is 4.74 Å². The maximum absolute atomic E-state index is 11.8. The molecule has 4 nitrogen and oxygen atoms in total. The first-order valence-electron chi connectivity index (χ1n) is 6.99. The maximum Gasteiger partial charge on any atom is 0.224 e. The van der Waals surface area contributed by atoms with Gasteiger partial charge < -0.3 is 9.64 Å². The molecule has 0 aliphatic carbocycles. The summed E-state index contributed by atoms with van der Waals surface area (Å²) in [6.45, 7) is 12.9. The summed E-state index contributed by atoms with van der Waals surface area (Å²) in [5, 5.41) is 0. The summed E-state index contributed by atoms with van der Waals surface area (Å²) in [5.74, 6) is 0.934. The van der Waals surface area contributed by atoms with E-state index in [9.17, 15) is 4.79 Å². The minimum Gasteiger partial charge on any atom is -0.374 e. The number of hydrogen-bond donors (Lipinski definition) is 0. The molecule has 0 radical (unpaired) electrons. The van der Waals surface area contributed by atoms with Gasteiger partial charge in [-0.3, -0.25) is 9.69 Å². The number of carbonyl (C=O) groups is 1. The molecule has 0 aromatic carbocycles. The zero-order valence-electron chi connectivity index (χ0n) is 12.5. The van der Waals surface area contributed by atoms with Crippen LogP contribution in [0.1, 0.15) is 27.7 Å². The predicted molar refractivity (Wildman–Crippen MR) is 73.5 cm³/mol. The molecular weight excluding hydrogens is 228 g/mol. The molecule has 4 heteroatoms. The van der Waals surface area contributed by atoms with E-state index in [1.54, 1.807) is 4.90 Å². The Morgan fingerprint density at radius 3 is 2.61 bits per heavy atom. The molecule has 1 heterocycles. The second kappa shape index (κ2) is 7.10. The molecule has 0 spiro atoms. The second-order valence-corrected chi connectivity index (χ2v) is 6.02. The second-order valence-electron chi connectivity index (χ2n) is 6.02. The van der Waals surface area contributed by atoms with E-state index < -0.39 is 0 Å². The summed E-state index contributed by atoms with van der Waals surface area (Å²) < 4.78 is 5.75. The minimum atomic E-state index is 0.0605. The van der Waals surface area contributed by atoms with Crippen LogP contribution in [0.25, 0.3) is 0 Å². The fraction of sp³-hybridized carbons (Fsp3) is 0.929. The van der Waals surface area contributed by atoms with Gasteiger partial charge in [0.15, 0.2) is 0 Å². The Balaban J connectivity index is 2.40. The Hall–Kier alpha value is -0.610. The van der Waals surface area contributed by atoms with Crippen LogP contribution in [0.2, 0.25) is 0 Å². The van der Waals surface area contributed by atoms with E-state index in [-0.39, 0.29) is 17.9 Å². The van der Waals surface area contributed by atoms with Crippen molar-refractivity contribution in [3.63, 3.8) is 0 Å². The number of carbonyl (C=O) groups excluding carboxylic acids is 1. The molecule has 1 atom stereocenters. The van der Waals surface area contributed by atoms with Gasteiger partial charge in [0.05, 0.1) is 12.7 Å². The lowest BCUT2D eigenvalue weighted by Gasteiger charge is -2.35. The molecule has 0 N–H and O–H groups in total. The monoisotopic (exact) mass is 256 g/mol. The SMILES string of the molecule is CC(C)CN1CCO[C@H](CN(C)C(=O)C(C)C)C1. The molecule has 106 valence electrons. The highest BCUT2D eigenvalue weighted by Crippen LogP contribution is 2.10. The van der Waals surface area contributed by atoms with Gasteiger partial charge in [-0.15, -0.1) is 0 Å². The van der Waals surface area contributed by atoms with E-state index in [2.05, 4.69) is 18.7 Å². The van der Waals surface area contributed by atoms with Gasteiger partial charge in [0.1, 0.15) is 0 Å². The van der Waals surface area contributed by atoms with Crippen molar-refractivity contribution in [3.8, 4) is 0 Å². The van der Waals surface area contributed by atoms with Crippen LogP contribution in [-0.2, 0) is 9.53 Å². The third kappa shape index (κ3) is 4.94. The molecule has 0 unspecified atom stereocenters. The lowest BCUT2D eigenvalue weighted by molar-refractivity contribution is -0.136. The van der Waals surface area contributed by atoms with E-state index in [1.165, 1.54) is 0 Å². The van der Waals surface area contributed by atoms with E-state index in [1.807, 2.05) is 20.9 Å². The molecule has 0 aromatic rings. The average Bonchev–Trinajstić information content (AvgIpc) is 2.27. The van der Waals surface area contributed by atoms with Crippen molar-refractivity contribution in [2.45, 2.75) is 33.8 Å². The highest BCUT2D eigenvalue weighted by molar-refractivity contribution is 5.77. The number of rotatable bonds is 5. The van der Waals surface area contributed by atoms with Crippen LogP contribution in [-0.4, -0.2) is 61.6 Å². The predicted octanol–water partition coefficient (Wildman–Crippen LogP) is 1.46. The molecule has 0 bridgehead atoms. The normalized spacial score (nSPS) is 21.6. The highest BCUT2D eigenvalue weighted by Gasteiger charge is 2.24. The fourth-order valence-corrected chi connectivity index (χ4v) is 2.41. The molecule has 18 heavy (non-hydrogen) atoms. The molecule has 1 amide bonds. The lowest BCUT2D eigenvalue weighted by Crippen LogP contribution is -2.49. The lowest BCUT2D eigenvalue weighted by atomic mass is 10.1. The molecular formula is C14H28N2O2. The number of nitrogens with zero attached hydrogens (tertiary/aromatic N) is 2. The summed E-state index contributed by atoms with van der Waals surface area (Å²) in [4.78, 5) is 16.1. The van der Waals surface area contributed by atoms with Gasteiger partial charge in [-0.05, 0) is 5.92 Å². The Bertz CT molecular complexity index is 267. The van der Waals surface area contributed by atoms with Crippen LogP contribution in [0.4, 0.5) is 0 Å². The van der Waals surface area contributed by atoms with Crippen LogP contribution >= 0.6 is 0 Å². The zero-order chi connectivity index (χ0) is 13.7. The van der Waals surface area contributed by atoms with Crippen molar-refractivity contribution in [1.82, 2.24) is 9.80 Å². The van der Waals surface area contributed by atoms with Crippen molar-refractivity contribution in [2.24, 2.45) is 11.8 Å². The van der Waals surface area contributed by atoms with Crippen molar-refractivity contribution in [3.05, 3.63) is 0 Å². The number of likely N-dealkylation sites (N-methyl/N-ethyl adjacent to an activating group) is 1. The van der Waals surface area contributed by atoms with Crippen molar-refractivity contribution >= 4 is 5.91 Å². The van der Waals surface area contributed by atoms with Crippen LogP contribution < -0.4 is 0 Å². The first-order valence-corrected chi connectivity index (χ1v) is 6.99. The quantitative estimate of drug-likeness (QED) is 0.746. The summed E-state index contributed by atoms with van der Waals surface area (Å²) >= 11 is 0. The number of ether oxygens (including phenoxy) is 1. The Kier molecular flexibility index (Phi) is 6.09. The van der Waals surface area contributed by atoms with E-state index in [0.29, 0.717) is 12.5 Å². The number of morpholine rings is 1. The fourth-order valence-electron chi connectivity index (χ4n) is 2.41. The molecule has 0 saturated carbocycles. The van der Waals surface area contributed by atoms with Gasteiger partial charge >= 0.3 is 0 Å². The molecule has 0 aromatic heterocycles. The maximum atomic E-state index is 11.8. The largest absolute Gasteiger partial charge is 0.374 e. The summed E-state index contributed by atoms with van der Waals surface area (Å²) in [7, 11) is 1.87. The topological polar surface area (TPSA) is 32.8 Å².